The van der Waals surface area contributed by atoms with E-state index in [1.807, 2.05) is 12.1 Å². The van der Waals surface area contributed by atoms with Gasteiger partial charge in [0, 0.05) is 11.1 Å². The number of esters is 2. The number of rotatable bonds is 8. The summed E-state index contributed by atoms with van der Waals surface area (Å²) in [5.41, 5.74) is 2.74. The van der Waals surface area contributed by atoms with Crippen molar-refractivity contribution in [2.24, 2.45) is 5.92 Å². The Morgan fingerprint density at radius 1 is 1.03 bits per heavy atom. The van der Waals surface area contributed by atoms with Gasteiger partial charge in [0.15, 0.2) is 18.1 Å². The molecular formula is C23H24O7. The van der Waals surface area contributed by atoms with Crippen LogP contribution < -0.4 is 14.2 Å². The molecule has 7 nitrogen and oxygen atoms in total. The molecule has 0 spiro atoms. The zero-order valence-corrected chi connectivity index (χ0v) is 17.1. The van der Waals surface area contributed by atoms with Crippen LogP contribution in [0.15, 0.2) is 30.3 Å². The summed E-state index contributed by atoms with van der Waals surface area (Å²) in [6.45, 7) is 0.352. The van der Waals surface area contributed by atoms with Gasteiger partial charge in [-0.1, -0.05) is 18.6 Å². The summed E-state index contributed by atoms with van der Waals surface area (Å²) in [6.07, 6.45) is 3.39. The first-order chi connectivity index (χ1) is 14.6. The highest BCUT2D eigenvalue weighted by atomic mass is 16.6. The topological polar surface area (TPSA) is 80.3 Å². The Morgan fingerprint density at radius 3 is 2.53 bits per heavy atom. The van der Waals surface area contributed by atoms with Gasteiger partial charge in [0.1, 0.15) is 6.61 Å². The van der Waals surface area contributed by atoms with Gasteiger partial charge < -0.3 is 23.7 Å². The molecule has 30 heavy (non-hydrogen) atoms. The first-order valence-electron chi connectivity index (χ1n) is 9.95. The third-order valence-electron chi connectivity index (χ3n) is 5.57. The first-order valence-corrected chi connectivity index (χ1v) is 9.95. The Balaban J connectivity index is 1.64. The molecule has 4 rings (SSSR count). The van der Waals surface area contributed by atoms with E-state index in [2.05, 4.69) is 0 Å². The van der Waals surface area contributed by atoms with Crippen molar-refractivity contribution in [3.8, 4) is 28.4 Å². The van der Waals surface area contributed by atoms with Gasteiger partial charge in [-0.25, -0.2) is 9.59 Å². The van der Waals surface area contributed by atoms with Gasteiger partial charge in [0.2, 0.25) is 5.75 Å². The lowest BCUT2D eigenvalue weighted by Crippen LogP contribution is -2.23. The van der Waals surface area contributed by atoms with E-state index in [1.54, 1.807) is 18.2 Å². The molecule has 158 valence electrons. The van der Waals surface area contributed by atoms with Crippen molar-refractivity contribution in [2.45, 2.75) is 25.9 Å². The van der Waals surface area contributed by atoms with Gasteiger partial charge in [-0.05, 0) is 42.5 Å². The molecular weight excluding hydrogens is 388 g/mol. The van der Waals surface area contributed by atoms with Crippen molar-refractivity contribution in [1.29, 1.82) is 0 Å². The Labute approximate surface area is 174 Å². The average Bonchev–Trinajstić information content (AvgIpc) is 3.11. The molecule has 0 unspecified atom stereocenters. The SMILES string of the molecule is COc1ccc(-c2cccc3c2COC3=O)c(OCC(=O)OCC2CCC2)c1OC. The Bertz CT molecular complexity index is 962. The van der Waals surface area contributed by atoms with Gasteiger partial charge >= 0.3 is 11.9 Å². The largest absolute Gasteiger partial charge is 0.493 e. The molecule has 0 radical (unpaired) electrons. The monoisotopic (exact) mass is 412 g/mol. The molecule has 7 heteroatoms. The number of carbonyl (C=O) groups is 2. The lowest BCUT2D eigenvalue weighted by atomic mass is 9.86. The third kappa shape index (κ3) is 3.79. The smallest absolute Gasteiger partial charge is 0.344 e. The molecule has 0 atom stereocenters. The zero-order valence-electron chi connectivity index (χ0n) is 17.1. The van der Waals surface area contributed by atoms with Crippen LogP contribution in [0.3, 0.4) is 0 Å². The molecule has 1 fully saturated rings. The van der Waals surface area contributed by atoms with E-state index in [0.717, 1.165) is 24.0 Å². The minimum absolute atomic E-state index is 0.182. The zero-order chi connectivity index (χ0) is 21.1. The first kappa shape index (κ1) is 20.1. The number of ether oxygens (including phenoxy) is 5. The molecule has 2 aromatic rings. The second-order valence-electron chi connectivity index (χ2n) is 7.35. The predicted octanol–water partition coefficient (Wildman–Crippen LogP) is 3.76. The minimum Gasteiger partial charge on any atom is -0.493 e. The van der Waals surface area contributed by atoms with Crippen molar-refractivity contribution in [2.75, 3.05) is 27.4 Å². The Hall–Kier alpha value is -3.22. The maximum atomic E-state index is 12.2. The van der Waals surface area contributed by atoms with Crippen molar-refractivity contribution in [1.82, 2.24) is 0 Å². The number of hydrogen-bond donors (Lipinski definition) is 0. The number of benzene rings is 2. The molecule has 0 aromatic heterocycles. The molecule has 1 aliphatic carbocycles. The van der Waals surface area contributed by atoms with Crippen LogP contribution in [0, 0.1) is 5.92 Å². The van der Waals surface area contributed by atoms with Gasteiger partial charge in [-0.3, -0.25) is 0 Å². The van der Waals surface area contributed by atoms with Crippen molar-refractivity contribution in [3.05, 3.63) is 41.5 Å². The van der Waals surface area contributed by atoms with Gasteiger partial charge in [0.25, 0.3) is 0 Å². The van der Waals surface area contributed by atoms with Crippen LogP contribution in [0.2, 0.25) is 0 Å². The van der Waals surface area contributed by atoms with Crippen LogP contribution in [-0.2, 0) is 20.9 Å². The lowest BCUT2D eigenvalue weighted by molar-refractivity contribution is -0.148. The molecule has 2 aromatic carbocycles. The number of fused-ring (bicyclic) bond motifs is 1. The van der Waals surface area contributed by atoms with Crippen LogP contribution in [-0.4, -0.2) is 39.4 Å². The number of methoxy groups -OCH3 is 2. The second kappa shape index (κ2) is 8.65. The molecule has 0 saturated heterocycles. The summed E-state index contributed by atoms with van der Waals surface area (Å²) in [7, 11) is 3.03. The molecule has 1 heterocycles. The molecule has 2 aliphatic rings. The molecule has 0 amide bonds. The average molecular weight is 412 g/mol. The molecule has 0 N–H and O–H groups in total. The predicted molar refractivity (Wildman–Crippen MR) is 108 cm³/mol. The van der Waals surface area contributed by atoms with Crippen LogP contribution in [0.1, 0.15) is 35.2 Å². The van der Waals surface area contributed by atoms with E-state index < -0.39 is 5.97 Å². The van der Waals surface area contributed by atoms with Crippen LogP contribution in [0.5, 0.6) is 17.2 Å². The maximum absolute atomic E-state index is 12.2. The summed E-state index contributed by atoms with van der Waals surface area (Å²) in [5.74, 6) is 0.859. The highest BCUT2D eigenvalue weighted by molar-refractivity contribution is 5.96. The van der Waals surface area contributed by atoms with E-state index >= 15 is 0 Å². The van der Waals surface area contributed by atoms with Gasteiger partial charge in [-0.2, -0.15) is 0 Å². The summed E-state index contributed by atoms with van der Waals surface area (Å²) in [6, 6.07) is 8.97. The van der Waals surface area contributed by atoms with E-state index in [1.165, 1.54) is 20.6 Å². The van der Waals surface area contributed by atoms with E-state index in [-0.39, 0.29) is 19.2 Å². The van der Waals surface area contributed by atoms with Gasteiger partial charge in [0.05, 0.1) is 26.4 Å². The van der Waals surface area contributed by atoms with Crippen molar-refractivity contribution >= 4 is 11.9 Å². The second-order valence-corrected chi connectivity index (χ2v) is 7.35. The number of hydrogen-bond acceptors (Lipinski definition) is 7. The van der Waals surface area contributed by atoms with Gasteiger partial charge in [-0.15, -0.1) is 0 Å². The van der Waals surface area contributed by atoms with E-state index in [0.29, 0.717) is 40.9 Å². The van der Waals surface area contributed by atoms with E-state index in [9.17, 15) is 9.59 Å². The number of carbonyl (C=O) groups excluding carboxylic acids is 2. The maximum Gasteiger partial charge on any atom is 0.344 e. The Kier molecular flexibility index (Phi) is 5.79. The minimum atomic E-state index is -0.436. The van der Waals surface area contributed by atoms with Crippen molar-refractivity contribution < 1.29 is 33.3 Å². The highest BCUT2D eigenvalue weighted by Gasteiger charge is 2.27. The molecule has 0 bridgehead atoms. The van der Waals surface area contributed by atoms with E-state index in [4.69, 9.17) is 23.7 Å². The third-order valence-corrected chi connectivity index (χ3v) is 5.57. The summed E-state index contributed by atoms with van der Waals surface area (Å²) in [5, 5.41) is 0. The van der Waals surface area contributed by atoms with Crippen LogP contribution >= 0.6 is 0 Å². The van der Waals surface area contributed by atoms with Crippen LogP contribution in [0.4, 0.5) is 0 Å². The number of cyclic esters (lactones) is 1. The van der Waals surface area contributed by atoms with Crippen LogP contribution in [0.25, 0.3) is 11.1 Å². The van der Waals surface area contributed by atoms with Crippen molar-refractivity contribution in [3.63, 3.8) is 0 Å². The molecule has 1 aliphatic heterocycles. The fourth-order valence-corrected chi connectivity index (χ4v) is 3.70. The molecule has 1 saturated carbocycles. The fraction of sp³-hybridized carbons (Fsp3) is 0.391. The normalized spacial score (nSPS) is 15.1. The summed E-state index contributed by atoms with van der Waals surface area (Å²) >= 11 is 0. The lowest BCUT2D eigenvalue weighted by Gasteiger charge is -2.24. The summed E-state index contributed by atoms with van der Waals surface area (Å²) in [4.78, 5) is 24.2. The summed E-state index contributed by atoms with van der Waals surface area (Å²) < 4.78 is 27.3. The Morgan fingerprint density at radius 2 is 1.83 bits per heavy atom. The fourth-order valence-electron chi connectivity index (χ4n) is 3.70. The quantitative estimate of drug-likeness (QED) is 0.611. The highest BCUT2D eigenvalue weighted by Crippen LogP contribution is 2.46. The standard InChI is InChI=1S/C23H24O7/c1-26-19-10-9-16(15-7-4-8-17-18(15)12-30-23(17)25)21(22(19)27-2)29-13-20(24)28-11-14-5-3-6-14/h4,7-10,14H,3,5-6,11-13H2,1-2H3.